The molecule has 0 spiro atoms. The highest BCUT2D eigenvalue weighted by Crippen LogP contribution is 2.34. The van der Waals surface area contributed by atoms with Crippen molar-refractivity contribution in [3.63, 3.8) is 0 Å². The van der Waals surface area contributed by atoms with Crippen molar-refractivity contribution in [2.45, 2.75) is 11.8 Å². The number of nitrogen functional groups attached to an aromatic ring is 1. The third-order valence-electron chi connectivity index (χ3n) is 3.45. The van der Waals surface area contributed by atoms with Gasteiger partial charge in [-0.3, -0.25) is 0 Å². The van der Waals surface area contributed by atoms with E-state index in [1.54, 1.807) is 0 Å². The molecule has 0 fully saturated rings. The SMILES string of the molecule is Cc1cc(N)ccc1N=Nc1ccc(SO)c2ccccc12. The first-order valence-corrected chi connectivity index (χ1v) is 7.57. The molecule has 0 saturated heterocycles. The molecular weight excluding hydrogens is 294 g/mol. The topological polar surface area (TPSA) is 71.0 Å². The van der Waals surface area contributed by atoms with Gasteiger partial charge >= 0.3 is 0 Å². The van der Waals surface area contributed by atoms with Crippen molar-refractivity contribution in [2.75, 3.05) is 5.73 Å². The lowest BCUT2D eigenvalue weighted by atomic mass is 10.1. The molecular formula is C17H15N3OS. The second-order valence-corrected chi connectivity index (χ2v) is 5.59. The number of hydrogen-bond acceptors (Lipinski definition) is 5. The first-order chi connectivity index (χ1) is 10.7. The van der Waals surface area contributed by atoms with E-state index in [-0.39, 0.29) is 0 Å². The summed E-state index contributed by atoms with van der Waals surface area (Å²) in [5.41, 5.74) is 9.00. The average Bonchev–Trinajstić information content (AvgIpc) is 2.54. The summed E-state index contributed by atoms with van der Waals surface area (Å²) in [4.78, 5) is 0.804. The molecule has 0 bridgehead atoms. The molecule has 4 nitrogen and oxygen atoms in total. The van der Waals surface area contributed by atoms with E-state index in [0.717, 1.165) is 44.6 Å². The zero-order valence-electron chi connectivity index (χ0n) is 12.0. The van der Waals surface area contributed by atoms with E-state index in [4.69, 9.17) is 5.73 Å². The number of nitrogens with zero attached hydrogens (tertiary/aromatic N) is 2. The highest BCUT2D eigenvalue weighted by atomic mass is 32.2. The summed E-state index contributed by atoms with van der Waals surface area (Å²) < 4.78 is 9.35. The molecule has 0 aromatic heterocycles. The van der Waals surface area contributed by atoms with Crippen molar-refractivity contribution < 1.29 is 4.55 Å². The maximum Gasteiger partial charge on any atom is 0.0936 e. The van der Waals surface area contributed by atoms with Gasteiger partial charge in [-0.05, 0) is 48.2 Å². The fourth-order valence-electron chi connectivity index (χ4n) is 2.32. The lowest BCUT2D eigenvalue weighted by molar-refractivity contribution is 0.664. The molecule has 3 rings (SSSR count). The number of azo groups is 1. The van der Waals surface area contributed by atoms with Crippen LogP contribution in [0.5, 0.6) is 0 Å². The molecule has 0 heterocycles. The summed E-state index contributed by atoms with van der Waals surface area (Å²) in [5.74, 6) is 0. The van der Waals surface area contributed by atoms with E-state index in [0.29, 0.717) is 5.69 Å². The lowest BCUT2D eigenvalue weighted by Gasteiger charge is -2.05. The largest absolute Gasteiger partial charge is 0.399 e. The Morgan fingerprint density at radius 1 is 0.909 bits per heavy atom. The van der Waals surface area contributed by atoms with Gasteiger partial charge in [0.1, 0.15) is 0 Å². The molecule has 0 atom stereocenters. The number of fused-ring (bicyclic) bond motifs is 1. The molecule has 3 aromatic carbocycles. The van der Waals surface area contributed by atoms with Crippen LogP contribution in [-0.2, 0) is 0 Å². The highest BCUT2D eigenvalue weighted by Gasteiger charge is 2.05. The van der Waals surface area contributed by atoms with Crippen LogP contribution in [0.15, 0.2) is 69.7 Å². The summed E-state index contributed by atoms with van der Waals surface area (Å²) in [7, 11) is 0. The van der Waals surface area contributed by atoms with Gasteiger partial charge in [-0.1, -0.05) is 24.3 Å². The second-order valence-electron chi connectivity index (χ2n) is 4.97. The van der Waals surface area contributed by atoms with Crippen molar-refractivity contribution in [3.05, 3.63) is 60.2 Å². The third-order valence-corrected chi connectivity index (χ3v) is 4.00. The van der Waals surface area contributed by atoms with Crippen molar-refractivity contribution in [1.29, 1.82) is 0 Å². The van der Waals surface area contributed by atoms with Crippen molar-refractivity contribution in [2.24, 2.45) is 10.2 Å². The first kappa shape index (κ1) is 14.6. The van der Waals surface area contributed by atoms with Crippen LogP contribution in [0.4, 0.5) is 17.1 Å². The van der Waals surface area contributed by atoms with Crippen molar-refractivity contribution in [1.82, 2.24) is 0 Å². The Kier molecular flexibility index (Phi) is 4.09. The molecule has 0 aliphatic carbocycles. The predicted octanol–water partition coefficient (Wildman–Crippen LogP) is 5.71. The monoisotopic (exact) mass is 309 g/mol. The normalized spacial score (nSPS) is 11.4. The molecule has 5 heteroatoms. The van der Waals surface area contributed by atoms with Crippen LogP contribution in [0.25, 0.3) is 10.8 Å². The fourth-order valence-corrected chi connectivity index (χ4v) is 2.73. The quantitative estimate of drug-likeness (QED) is 0.370. The molecule has 3 N–H and O–H groups in total. The number of benzene rings is 3. The van der Waals surface area contributed by atoms with Gasteiger partial charge in [0.15, 0.2) is 0 Å². The zero-order valence-corrected chi connectivity index (χ0v) is 12.8. The molecule has 3 aromatic rings. The van der Waals surface area contributed by atoms with Gasteiger partial charge in [-0.25, -0.2) is 0 Å². The summed E-state index contributed by atoms with van der Waals surface area (Å²) in [6.07, 6.45) is 0. The minimum Gasteiger partial charge on any atom is -0.399 e. The number of hydrogen-bond donors (Lipinski definition) is 2. The van der Waals surface area contributed by atoms with E-state index in [1.165, 1.54) is 0 Å². The molecule has 22 heavy (non-hydrogen) atoms. The van der Waals surface area contributed by atoms with Crippen LogP contribution in [0, 0.1) is 6.92 Å². The number of aryl methyl sites for hydroxylation is 1. The fraction of sp³-hybridized carbons (Fsp3) is 0.0588. The minimum atomic E-state index is 0.714. The smallest absolute Gasteiger partial charge is 0.0936 e. The average molecular weight is 309 g/mol. The number of nitrogens with two attached hydrogens (primary N) is 1. The maximum absolute atomic E-state index is 9.35. The van der Waals surface area contributed by atoms with Gasteiger partial charge in [0, 0.05) is 28.0 Å². The standard InChI is InChI=1S/C17H15N3OS/c1-11-10-12(18)6-7-15(11)19-20-16-8-9-17(22-21)14-5-3-2-4-13(14)16/h2-10,21H,18H2,1H3. The Labute approximate surface area is 132 Å². The lowest BCUT2D eigenvalue weighted by Crippen LogP contribution is -1.84. The summed E-state index contributed by atoms with van der Waals surface area (Å²) >= 11 is 0.739. The number of rotatable bonds is 3. The molecule has 0 aliphatic heterocycles. The van der Waals surface area contributed by atoms with Crippen molar-refractivity contribution in [3.8, 4) is 0 Å². The first-order valence-electron chi connectivity index (χ1n) is 6.80. The van der Waals surface area contributed by atoms with Crippen LogP contribution in [-0.4, -0.2) is 4.55 Å². The van der Waals surface area contributed by atoms with E-state index in [1.807, 2.05) is 61.5 Å². The van der Waals surface area contributed by atoms with Crippen LogP contribution in [0.1, 0.15) is 5.56 Å². The van der Waals surface area contributed by atoms with Crippen LogP contribution in [0.2, 0.25) is 0 Å². The molecule has 0 radical (unpaired) electrons. The Hall–Kier alpha value is -2.37. The third kappa shape index (κ3) is 2.81. The summed E-state index contributed by atoms with van der Waals surface area (Å²) in [6.45, 7) is 1.95. The van der Waals surface area contributed by atoms with Gasteiger partial charge in [0.05, 0.1) is 11.4 Å². The van der Waals surface area contributed by atoms with Crippen molar-refractivity contribution >= 4 is 39.9 Å². The van der Waals surface area contributed by atoms with Gasteiger partial charge in [-0.2, -0.15) is 5.11 Å². The van der Waals surface area contributed by atoms with Gasteiger partial charge in [-0.15, -0.1) is 5.11 Å². The maximum atomic E-state index is 9.35. The molecule has 0 aliphatic rings. The molecule has 0 unspecified atom stereocenters. The van der Waals surface area contributed by atoms with Gasteiger partial charge < -0.3 is 10.3 Å². The van der Waals surface area contributed by atoms with E-state index in [2.05, 4.69) is 10.2 Å². The predicted molar refractivity (Wildman–Crippen MR) is 92.2 cm³/mol. The Morgan fingerprint density at radius 3 is 2.32 bits per heavy atom. The minimum absolute atomic E-state index is 0.714. The molecule has 0 saturated carbocycles. The zero-order chi connectivity index (χ0) is 15.5. The van der Waals surface area contributed by atoms with E-state index < -0.39 is 0 Å². The number of anilines is 1. The second kappa shape index (κ2) is 6.17. The van der Waals surface area contributed by atoms with Gasteiger partial charge in [0.2, 0.25) is 0 Å². The van der Waals surface area contributed by atoms with Crippen LogP contribution < -0.4 is 5.73 Å². The highest BCUT2D eigenvalue weighted by molar-refractivity contribution is 7.94. The van der Waals surface area contributed by atoms with Crippen LogP contribution in [0.3, 0.4) is 0 Å². The Bertz CT molecular complexity index is 862. The Morgan fingerprint density at radius 2 is 1.59 bits per heavy atom. The Balaban J connectivity index is 2.06. The van der Waals surface area contributed by atoms with Crippen LogP contribution >= 0.6 is 12.0 Å². The summed E-state index contributed by atoms with van der Waals surface area (Å²) in [5, 5.41) is 10.6. The van der Waals surface area contributed by atoms with Gasteiger partial charge in [0.25, 0.3) is 0 Å². The molecule has 110 valence electrons. The van der Waals surface area contributed by atoms with E-state index in [9.17, 15) is 4.55 Å². The molecule has 0 amide bonds. The summed E-state index contributed by atoms with van der Waals surface area (Å²) in [6, 6.07) is 17.1. The van der Waals surface area contributed by atoms with E-state index >= 15 is 0 Å².